The van der Waals surface area contributed by atoms with Gasteiger partial charge in [-0.2, -0.15) is 0 Å². The molecule has 0 unspecified atom stereocenters. The second kappa shape index (κ2) is 9.86. The fourth-order valence-electron chi connectivity index (χ4n) is 4.10. The molecular weight excluding hydrogens is 360 g/mol. The molecule has 1 saturated heterocycles. The van der Waals surface area contributed by atoms with Gasteiger partial charge in [0.2, 0.25) is 5.91 Å². The highest BCUT2D eigenvalue weighted by Crippen LogP contribution is 2.30. The Morgan fingerprint density at radius 3 is 2.62 bits per heavy atom. The van der Waals surface area contributed by atoms with Crippen molar-refractivity contribution in [3.05, 3.63) is 71.4 Å². The van der Waals surface area contributed by atoms with Crippen LogP contribution in [-0.4, -0.2) is 43.7 Å². The molecule has 4 rings (SSSR count). The van der Waals surface area contributed by atoms with Gasteiger partial charge in [0.1, 0.15) is 0 Å². The van der Waals surface area contributed by atoms with Crippen LogP contribution in [0.2, 0.25) is 0 Å². The topological polar surface area (TPSA) is 32.8 Å². The number of unbranched alkanes of at least 4 members (excludes halogenated alkanes) is 1. The molecule has 2 aromatic carbocycles. The fraction of sp³-hybridized carbons (Fsp3) is 0.400. The van der Waals surface area contributed by atoms with Gasteiger partial charge in [-0.25, -0.2) is 0 Å². The van der Waals surface area contributed by atoms with Crippen LogP contribution in [0.25, 0.3) is 6.08 Å². The normalized spacial score (nSPS) is 17.7. The minimum absolute atomic E-state index is 0.169. The smallest absolute Gasteiger partial charge is 0.231 e. The first-order valence-electron chi connectivity index (χ1n) is 10.8. The second-order valence-electron chi connectivity index (χ2n) is 7.86. The molecule has 0 radical (unpaired) electrons. The molecule has 0 aromatic heterocycles. The summed E-state index contributed by atoms with van der Waals surface area (Å²) in [6.07, 6.45) is 8.86. The van der Waals surface area contributed by atoms with Crippen LogP contribution in [0.1, 0.15) is 36.0 Å². The summed E-state index contributed by atoms with van der Waals surface area (Å²) >= 11 is 0. The lowest BCUT2D eigenvalue weighted by Crippen LogP contribution is -2.36. The summed E-state index contributed by atoms with van der Waals surface area (Å²) in [5.41, 5.74) is 4.80. The largest absolute Gasteiger partial charge is 0.379 e. The lowest BCUT2D eigenvalue weighted by molar-refractivity contribution is -0.118. The molecule has 0 aliphatic carbocycles. The van der Waals surface area contributed by atoms with E-state index in [1.807, 2.05) is 47.5 Å². The van der Waals surface area contributed by atoms with Crippen LogP contribution in [0.15, 0.2) is 54.7 Å². The number of aryl methyl sites for hydroxylation is 2. The van der Waals surface area contributed by atoms with Crippen LogP contribution in [0.5, 0.6) is 0 Å². The first-order chi connectivity index (χ1) is 14.3. The summed E-state index contributed by atoms with van der Waals surface area (Å²) in [5.74, 6) is 0.169. The van der Waals surface area contributed by atoms with E-state index in [4.69, 9.17) is 4.74 Å². The SMILES string of the molecule is O=C1CCc2cc(CCCCN3CCOCC3)ccc2N1C=Cc1ccccc1. The van der Waals surface area contributed by atoms with Gasteiger partial charge in [0.05, 0.1) is 18.9 Å². The minimum Gasteiger partial charge on any atom is -0.379 e. The Morgan fingerprint density at radius 2 is 1.79 bits per heavy atom. The van der Waals surface area contributed by atoms with Gasteiger partial charge >= 0.3 is 0 Å². The number of amides is 1. The third kappa shape index (κ3) is 5.34. The number of morpholine rings is 1. The Bertz CT molecular complexity index is 841. The number of carbonyl (C=O) groups excluding carboxylic acids is 1. The molecule has 0 bridgehead atoms. The maximum Gasteiger partial charge on any atom is 0.231 e. The molecule has 1 amide bonds. The number of hydrogen-bond acceptors (Lipinski definition) is 3. The van der Waals surface area contributed by atoms with Gasteiger partial charge in [-0.15, -0.1) is 0 Å². The monoisotopic (exact) mass is 390 g/mol. The second-order valence-corrected chi connectivity index (χ2v) is 7.86. The number of fused-ring (bicyclic) bond motifs is 1. The standard InChI is InChI=1S/C25H30N2O2/c28-25-12-10-23-20-22(8-4-5-14-26-16-18-29-19-17-26)9-11-24(23)27(25)15-13-21-6-2-1-3-7-21/h1-3,6-7,9,11,13,15,20H,4-5,8,10,12,14,16-19H2. The summed E-state index contributed by atoms with van der Waals surface area (Å²) in [6, 6.07) is 16.7. The number of benzene rings is 2. The van der Waals surface area contributed by atoms with E-state index >= 15 is 0 Å². The molecule has 4 nitrogen and oxygen atoms in total. The average Bonchev–Trinajstić information content (AvgIpc) is 2.77. The van der Waals surface area contributed by atoms with Crippen molar-refractivity contribution in [2.75, 3.05) is 37.7 Å². The fourth-order valence-corrected chi connectivity index (χ4v) is 4.10. The van der Waals surface area contributed by atoms with Gasteiger partial charge in [-0.3, -0.25) is 14.6 Å². The van der Waals surface area contributed by atoms with Crippen LogP contribution in [0, 0.1) is 0 Å². The predicted octanol–water partition coefficient (Wildman–Crippen LogP) is 4.29. The summed E-state index contributed by atoms with van der Waals surface area (Å²) in [4.78, 5) is 16.8. The number of carbonyl (C=O) groups is 1. The lowest BCUT2D eigenvalue weighted by atomic mass is 9.97. The summed E-state index contributed by atoms with van der Waals surface area (Å²) in [7, 11) is 0. The van der Waals surface area contributed by atoms with E-state index in [1.54, 1.807) is 0 Å². The van der Waals surface area contributed by atoms with Gasteiger partial charge in [0, 0.05) is 25.7 Å². The van der Waals surface area contributed by atoms with Crippen molar-refractivity contribution in [1.29, 1.82) is 0 Å². The van der Waals surface area contributed by atoms with Crippen LogP contribution >= 0.6 is 0 Å². The molecule has 2 aliphatic heterocycles. The summed E-state index contributed by atoms with van der Waals surface area (Å²) in [5, 5.41) is 0. The maximum absolute atomic E-state index is 12.5. The molecule has 152 valence electrons. The Labute approximate surface area is 173 Å². The van der Waals surface area contributed by atoms with E-state index < -0.39 is 0 Å². The van der Waals surface area contributed by atoms with Crippen molar-refractivity contribution in [2.45, 2.75) is 32.1 Å². The van der Waals surface area contributed by atoms with Crippen molar-refractivity contribution in [1.82, 2.24) is 4.90 Å². The quantitative estimate of drug-likeness (QED) is 0.661. The van der Waals surface area contributed by atoms with Crippen LogP contribution < -0.4 is 4.90 Å². The van der Waals surface area contributed by atoms with Gasteiger partial charge in [0.15, 0.2) is 0 Å². The molecule has 0 atom stereocenters. The van der Waals surface area contributed by atoms with Crippen molar-refractivity contribution in [2.24, 2.45) is 0 Å². The number of rotatable bonds is 7. The summed E-state index contributed by atoms with van der Waals surface area (Å²) < 4.78 is 5.41. The van der Waals surface area contributed by atoms with E-state index in [1.165, 1.54) is 30.5 Å². The number of hydrogen-bond donors (Lipinski definition) is 0. The van der Waals surface area contributed by atoms with Gasteiger partial charge in [-0.05, 0) is 61.1 Å². The first kappa shape index (κ1) is 19.9. The molecule has 2 heterocycles. The molecule has 0 N–H and O–H groups in total. The maximum atomic E-state index is 12.5. The molecule has 2 aromatic rings. The highest BCUT2D eigenvalue weighted by atomic mass is 16.5. The lowest BCUT2D eigenvalue weighted by Gasteiger charge is -2.27. The van der Waals surface area contributed by atoms with Crippen LogP contribution in [0.4, 0.5) is 5.69 Å². The third-order valence-corrected chi connectivity index (χ3v) is 5.79. The molecule has 1 fully saturated rings. The Hall–Kier alpha value is -2.43. The van der Waals surface area contributed by atoms with Crippen LogP contribution in [0.3, 0.4) is 0 Å². The zero-order valence-corrected chi connectivity index (χ0v) is 17.1. The average molecular weight is 391 g/mol. The Balaban J connectivity index is 1.36. The van der Waals surface area contributed by atoms with Gasteiger partial charge in [-0.1, -0.05) is 42.5 Å². The highest BCUT2D eigenvalue weighted by Gasteiger charge is 2.22. The Morgan fingerprint density at radius 1 is 0.966 bits per heavy atom. The van der Waals surface area contributed by atoms with Crippen molar-refractivity contribution >= 4 is 17.7 Å². The molecule has 2 aliphatic rings. The van der Waals surface area contributed by atoms with Gasteiger partial charge < -0.3 is 4.74 Å². The minimum atomic E-state index is 0.169. The van der Waals surface area contributed by atoms with Crippen LogP contribution in [-0.2, 0) is 22.4 Å². The van der Waals surface area contributed by atoms with E-state index in [-0.39, 0.29) is 5.91 Å². The molecular formula is C25H30N2O2. The highest BCUT2D eigenvalue weighted by molar-refractivity contribution is 5.98. The molecule has 4 heteroatoms. The van der Waals surface area contributed by atoms with Crippen molar-refractivity contribution in [3.8, 4) is 0 Å². The zero-order chi connectivity index (χ0) is 19.9. The number of anilines is 1. The van der Waals surface area contributed by atoms with Crippen molar-refractivity contribution < 1.29 is 9.53 Å². The Kier molecular flexibility index (Phi) is 6.75. The van der Waals surface area contributed by atoms with E-state index in [0.29, 0.717) is 6.42 Å². The van der Waals surface area contributed by atoms with E-state index in [9.17, 15) is 4.79 Å². The zero-order valence-electron chi connectivity index (χ0n) is 17.1. The van der Waals surface area contributed by atoms with Crippen molar-refractivity contribution in [3.63, 3.8) is 0 Å². The van der Waals surface area contributed by atoms with Gasteiger partial charge in [0.25, 0.3) is 0 Å². The molecule has 0 saturated carbocycles. The molecule has 29 heavy (non-hydrogen) atoms. The summed E-state index contributed by atoms with van der Waals surface area (Å²) in [6.45, 7) is 5.05. The first-order valence-corrected chi connectivity index (χ1v) is 10.8. The number of nitrogens with zero attached hydrogens (tertiary/aromatic N) is 2. The van der Waals surface area contributed by atoms with E-state index in [2.05, 4.69) is 23.1 Å². The molecule has 0 spiro atoms. The number of ether oxygens (including phenoxy) is 1. The van der Waals surface area contributed by atoms with E-state index in [0.717, 1.165) is 50.4 Å². The predicted molar refractivity (Wildman–Crippen MR) is 118 cm³/mol. The third-order valence-electron chi connectivity index (χ3n) is 5.79.